The van der Waals surface area contributed by atoms with Gasteiger partial charge in [-0.15, -0.1) is 0 Å². The molecule has 0 N–H and O–H groups in total. The molecule has 2 aliphatic carbocycles. The first kappa shape index (κ1) is 16.4. The van der Waals surface area contributed by atoms with Crippen molar-refractivity contribution in [3.8, 4) is 0 Å². The van der Waals surface area contributed by atoms with Crippen molar-refractivity contribution in [2.45, 2.75) is 65.4 Å². The number of fused-ring (bicyclic) bond motifs is 1. The van der Waals surface area contributed by atoms with Gasteiger partial charge in [0, 0.05) is 11.8 Å². The Bertz CT molecular complexity index is 644. The van der Waals surface area contributed by atoms with Crippen LogP contribution in [0, 0.1) is 18.8 Å². The van der Waals surface area contributed by atoms with Crippen LogP contribution >= 0.6 is 0 Å². The van der Waals surface area contributed by atoms with Gasteiger partial charge < -0.3 is 4.74 Å². The average Bonchev–Trinajstić information content (AvgIpc) is 3.00. The van der Waals surface area contributed by atoms with E-state index in [1.54, 1.807) is 0 Å². The smallest absolute Gasteiger partial charge is 0.100 e. The monoisotopic (exact) mass is 310 g/mol. The van der Waals surface area contributed by atoms with Gasteiger partial charge in [-0.25, -0.2) is 0 Å². The van der Waals surface area contributed by atoms with Crippen LogP contribution in [0.2, 0.25) is 0 Å². The van der Waals surface area contributed by atoms with Gasteiger partial charge in [0.05, 0.1) is 5.76 Å². The van der Waals surface area contributed by atoms with E-state index in [0.29, 0.717) is 11.8 Å². The first-order valence-electron chi connectivity index (χ1n) is 8.91. The van der Waals surface area contributed by atoms with Crippen molar-refractivity contribution in [3.05, 3.63) is 52.8 Å². The van der Waals surface area contributed by atoms with Gasteiger partial charge in [-0.1, -0.05) is 42.0 Å². The fourth-order valence-corrected chi connectivity index (χ4v) is 4.39. The summed E-state index contributed by atoms with van der Waals surface area (Å²) in [4.78, 5) is 0. The summed E-state index contributed by atoms with van der Waals surface area (Å²) in [5.74, 6) is 2.82. The van der Waals surface area contributed by atoms with Crippen molar-refractivity contribution in [2.75, 3.05) is 0 Å². The Labute approximate surface area is 141 Å². The molecule has 1 nitrogen and oxygen atoms in total. The Morgan fingerprint density at radius 3 is 2.61 bits per heavy atom. The lowest BCUT2D eigenvalue weighted by atomic mass is 9.82. The number of hydrogen-bond acceptors (Lipinski definition) is 1. The van der Waals surface area contributed by atoms with Crippen molar-refractivity contribution in [3.63, 3.8) is 0 Å². The minimum absolute atomic E-state index is 0.137. The standard InChI is InChI=1S/C22H30O/c1-14-7-8-18-12-15(2)21(20(18)11-14)19-10-9-17(13-19)16(3)23-22(4,5)6/h7-8,11-12,17,19,21H,3,9-10,13H2,1-2,4-6H3/t17?,19-,21?/m0/s1. The van der Waals surface area contributed by atoms with Crippen LogP contribution in [-0.4, -0.2) is 5.60 Å². The molecule has 0 heterocycles. The quantitative estimate of drug-likeness (QED) is 0.600. The third kappa shape index (κ3) is 3.39. The highest BCUT2D eigenvalue weighted by Crippen LogP contribution is 2.50. The highest BCUT2D eigenvalue weighted by atomic mass is 16.5. The minimum Gasteiger partial charge on any atom is -0.493 e. The zero-order valence-corrected chi connectivity index (χ0v) is 15.3. The Balaban J connectivity index is 1.74. The second kappa shape index (κ2) is 5.85. The maximum atomic E-state index is 6.04. The second-order valence-electron chi connectivity index (χ2n) is 8.45. The predicted octanol–water partition coefficient (Wildman–Crippen LogP) is 6.24. The maximum absolute atomic E-state index is 6.04. The number of hydrogen-bond donors (Lipinski definition) is 0. The van der Waals surface area contributed by atoms with Crippen LogP contribution in [0.5, 0.6) is 0 Å². The fraction of sp³-hybridized carbons (Fsp3) is 0.545. The summed E-state index contributed by atoms with van der Waals surface area (Å²) in [5, 5.41) is 0. The van der Waals surface area contributed by atoms with Crippen molar-refractivity contribution in [1.82, 2.24) is 0 Å². The van der Waals surface area contributed by atoms with E-state index >= 15 is 0 Å². The summed E-state index contributed by atoms with van der Waals surface area (Å²) >= 11 is 0. The number of ether oxygens (including phenoxy) is 1. The van der Waals surface area contributed by atoms with E-state index < -0.39 is 0 Å². The molecule has 2 unspecified atom stereocenters. The summed E-state index contributed by atoms with van der Waals surface area (Å²) in [7, 11) is 0. The SMILES string of the molecule is C=C(OC(C)(C)C)C1CC[C@H](C2C(C)=Cc3ccc(C)cc32)C1. The molecule has 1 aromatic carbocycles. The van der Waals surface area contributed by atoms with E-state index in [2.05, 4.69) is 65.5 Å². The molecule has 0 spiro atoms. The highest BCUT2D eigenvalue weighted by molar-refractivity contribution is 5.66. The van der Waals surface area contributed by atoms with Crippen molar-refractivity contribution >= 4 is 6.08 Å². The molecule has 0 amide bonds. The Morgan fingerprint density at radius 1 is 1.17 bits per heavy atom. The predicted molar refractivity (Wildman–Crippen MR) is 98.4 cm³/mol. The summed E-state index contributed by atoms with van der Waals surface area (Å²) in [6, 6.07) is 6.89. The first-order valence-corrected chi connectivity index (χ1v) is 8.91. The molecule has 3 atom stereocenters. The molecule has 0 bridgehead atoms. The topological polar surface area (TPSA) is 9.23 Å². The fourth-order valence-electron chi connectivity index (χ4n) is 4.39. The summed E-state index contributed by atoms with van der Waals surface area (Å²) in [6.07, 6.45) is 6.08. The van der Waals surface area contributed by atoms with Crippen LogP contribution in [0.25, 0.3) is 6.08 Å². The van der Waals surface area contributed by atoms with Crippen molar-refractivity contribution in [1.29, 1.82) is 0 Å². The minimum atomic E-state index is -0.137. The number of aryl methyl sites for hydroxylation is 1. The molecule has 0 aromatic heterocycles. The van der Waals surface area contributed by atoms with E-state index in [1.807, 2.05) is 0 Å². The summed E-state index contributed by atoms with van der Waals surface area (Å²) < 4.78 is 6.04. The van der Waals surface area contributed by atoms with Crippen molar-refractivity contribution in [2.24, 2.45) is 11.8 Å². The molecule has 2 aliphatic rings. The Hall–Kier alpha value is -1.50. The number of benzene rings is 1. The molecule has 0 saturated heterocycles. The summed E-state index contributed by atoms with van der Waals surface area (Å²) in [5.41, 5.74) is 5.72. The molecule has 3 rings (SSSR count). The third-order valence-corrected chi connectivity index (χ3v) is 5.29. The first-order chi connectivity index (χ1) is 10.7. The van der Waals surface area contributed by atoms with Crippen LogP contribution in [0.1, 0.15) is 69.6 Å². The van der Waals surface area contributed by atoms with Gasteiger partial charge in [-0.2, -0.15) is 0 Å². The van der Waals surface area contributed by atoms with Crippen LogP contribution in [0.3, 0.4) is 0 Å². The molecule has 0 radical (unpaired) electrons. The van der Waals surface area contributed by atoms with Gasteiger partial charge in [0.2, 0.25) is 0 Å². The second-order valence-corrected chi connectivity index (χ2v) is 8.45. The van der Waals surface area contributed by atoms with Crippen LogP contribution in [0.15, 0.2) is 36.1 Å². The largest absolute Gasteiger partial charge is 0.493 e. The molecule has 0 aliphatic heterocycles. The molecule has 124 valence electrons. The lowest BCUT2D eigenvalue weighted by Crippen LogP contribution is -2.21. The van der Waals surface area contributed by atoms with E-state index in [4.69, 9.17) is 4.74 Å². The van der Waals surface area contributed by atoms with Gasteiger partial charge in [0.25, 0.3) is 0 Å². The molecule has 1 heteroatoms. The molecule has 1 aromatic rings. The van der Waals surface area contributed by atoms with Gasteiger partial charge in [0.15, 0.2) is 0 Å². The van der Waals surface area contributed by atoms with Crippen molar-refractivity contribution < 1.29 is 4.74 Å². The number of rotatable bonds is 3. The zero-order valence-electron chi connectivity index (χ0n) is 15.3. The van der Waals surface area contributed by atoms with Gasteiger partial charge in [-0.05, 0) is 70.9 Å². The van der Waals surface area contributed by atoms with Gasteiger partial charge in [-0.3, -0.25) is 0 Å². The highest BCUT2D eigenvalue weighted by Gasteiger charge is 2.37. The zero-order chi connectivity index (χ0) is 16.8. The van der Waals surface area contributed by atoms with Crippen LogP contribution < -0.4 is 0 Å². The molecular weight excluding hydrogens is 280 g/mol. The average molecular weight is 310 g/mol. The van der Waals surface area contributed by atoms with E-state index in [0.717, 1.165) is 11.7 Å². The van der Waals surface area contributed by atoms with E-state index in [1.165, 1.54) is 41.5 Å². The normalized spacial score (nSPS) is 26.8. The van der Waals surface area contributed by atoms with E-state index in [9.17, 15) is 0 Å². The molecule has 1 fully saturated rings. The lowest BCUT2D eigenvalue weighted by molar-refractivity contribution is 0.0349. The lowest BCUT2D eigenvalue weighted by Gasteiger charge is -2.27. The number of allylic oxidation sites excluding steroid dienone is 2. The summed E-state index contributed by atoms with van der Waals surface area (Å²) in [6.45, 7) is 15.0. The Kier molecular flexibility index (Phi) is 4.16. The Morgan fingerprint density at radius 2 is 1.91 bits per heavy atom. The molecule has 23 heavy (non-hydrogen) atoms. The van der Waals surface area contributed by atoms with Gasteiger partial charge in [0.1, 0.15) is 5.60 Å². The molecular formula is C22H30O. The third-order valence-electron chi connectivity index (χ3n) is 5.29. The van der Waals surface area contributed by atoms with Gasteiger partial charge >= 0.3 is 0 Å². The van der Waals surface area contributed by atoms with Crippen LogP contribution in [-0.2, 0) is 4.74 Å². The van der Waals surface area contributed by atoms with E-state index in [-0.39, 0.29) is 5.60 Å². The van der Waals surface area contributed by atoms with Crippen LogP contribution in [0.4, 0.5) is 0 Å². The maximum Gasteiger partial charge on any atom is 0.100 e. The molecule has 1 saturated carbocycles.